The minimum atomic E-state index is -4.29. The first-order valence-electron chi connectivity index (χ1n) is 5.06. The highest BCUT2D eigenvalue weighted by Crippen LogP contribution is 2.31. The third kappa shape index (κ3) is 2.67. The fraction of sp³-hybridized carbons (Fsp3) is 0.0714. The molecule has 0 aliphatic heterocycles. The van der Waals surface area contributed by atoms with Gasteiger partial charge in [0, 0.05) is 0 Å². The molecule has 0 fully saturated rings. The van der Waals surface area contributed by atoms with Crippen molar-refractivity contribution in [2.45, 2.75) is 6.18 Å². The van der Waals surface area contributed by atoms with Gasteiger partial charge in [0.05, 0.1) is 5.56 Å². The van der Waals surface area contributed by atoms with Crippen LogP contribution in [0.1, 0.15) is 11.1 Å². The van der Waals surface area contributed by atoms with Crippen molar-refractivity contribution in [1.29, 1.82) is 0 Å². The summed E-state index contributed by atoms with van der Waals surface area (Å²) < 4.78 is 37.1. The molecule has 0 aromatic heterocycles. The molecule has 0 amide bonds. The lowest BCUT2D eigenvalue weighted by Crippen LogP contribution is -2.03. The van der Waals surface area contributed by atoms with E-state index in [1.807, 2.05) is 24.3 Å². The zero-order valence-corrected chi connectivity index (χ0v) is 8.96. The summed E-state index contributed by atoms with van der Waals surface area (Å²) in [4.78, 5) is 0. The molecule has 0 nitrogen and oxygen atoms in total. The fourth-order valence-electron chi connectivity index (χ4n) is 1.60. The number of benzene rings is 2. The van der Waals surface area contributed by atoms with Crippen LogP contribution in [0, 0.1) is 6.92 Å². The molecular formula is C14H10F3. The van der Waals surface area contributed by atoms with Crippen LogP contribution >= 0.6 is 0 Å². The van der Waals surface area contributed by atoms with Crippen LogP contribution in [-0.2, 0) is 6.18 Å². The second-order valence-electron chi connectivity index (χ2n) is 3.78. The highest BCUT2D eigenvalue weighted by Gasteiger charge is 2.29. The number of halogens is 3. The van der Waals surface area contributed by atoms with Gasteiger partial charge in [-0.3, -0.25) is 0 Å². The van der Waals surface area contributed by atoms with Crippen molar-refractivity contribution in [2.75, 3.05) is 0 Å². The summed E-state index contributed by atoms with van der Waals surface area (Å²) in [6, 6.07) is 12.5. The van der Waals surface area contributed by atoms with Gasteiger partial charge in [-0.1, -0.05) is 36.4 Å². The first-order chi connectivity index (χ1) is 7.97. The van der Waals surface area contributed by atoms with Crippen molar-refractivity contribution >= 4 is 0 Å². The smallest absolute Gasteiger partial charge is 0.166 e. The highest BCUT2D eigenvalue weighted by molar-refractivity contribution is 5.64. The Hall–Kier alpha value is -1.77. The molecule has 0 saturated heterocycles. The van der Waals surface area contributed by atoms with Gasteiger partial charge >= 0.3 is 6.18 Å². The van der Waals surface area contributed by atoms with Gasteiger partial charge in [0.25, 0.3) is 0 Å². The maximum absolute atomic E-state index is 12.4. The fourth-order valence-corrected chi connectivity index (χ4v) is 1.60. The molecule has 1 radical (unpaired) electrons. The van der Waals surface area contributed by atoms with Crippen LogP contribution in [0.25, 0.3) is 11.1 Å². The predicted molar refractivity (Wildman–Crippen MR) is 61.3 cm³/mol. The third-order valence-corrected chi connectivity index (χ3v) is 2.47. The standard InChI is InChI=1S/C14H10F3/c1-10-3-2-4-12(9-10)11-5-7-13(8-6-11)14(15,16)17/h2-9H,1H2. The minimum Gasteiger partial charge on any atom is -0.166 e. The van der Waals surface area contributed by atoms with Crippen LogP contribution in [0.3, 0.4) is 0 Å². The first kappa shape index (κ1) is 11.7. The van der Waals surface area contributed by atoms with Crippen LogP contribution in [-0.4, -0.2) is 0 Å². The summed E-state index contributed by atoms with van der Waals surface area (Å²) in [5.41, 5.74) is 1.82. The van der Waals surface area contributed by atoms with Crippen LogP contribution < -0.4 is 0 Å². The maximum Gasteiger partial charge on any atom is 0.416 e. The molecular weight excluding hydrogens is 225 g/mol. The monoisotopic (exact) mass is 235 g/mol. The molecule has 0 heterocycles. The Morgan fingerprint density at radius 2 is 1.47 bits per heavy atom. The maximum atomic E-state index is 12.4. The van der Waals surface area contributed by atoms with E-state index in [0.717, 1.165) is 28.8 Å². The van der Waals surface area contributed by atoms with Crippen molar-refractivity contribution in [3.63, 3.8) is 0 Å². The van der Waals surface area contributed by atoms with E-state index < -0.39 is 11.7 Å². The van der Waals surface area contributed by atoms with Gasteiger partial charge in [0.1, 0.15) is 0 Å². The number of alkyl halides is 3. The van der Waals surface area contributed by atoms with Gasteiger partial charge in [-0.25, -0.2) is 0 Å². The molecule has 0 bridgehead atoms. The molecule has 2 rings (SSSR count). The second-order valence-corrected chi connectivity index (χ2v) is 3.78. The number of rotatable bonds is 1. The van der Waals surface area contributed by atoms with Crippen molar-refractivity contribution < 1.29 is 13.2 Å². The molecule has 87 valence electrons. The summed E-state index contributed by atoms with van der Waals surface area (Å²) in [6.45, 7) is 3.78. The molecule has 0 N–H and O–H groups in total. The van der Waals surface area contributed by atoms with E-state index in [4.69, 9.17) is 0 Å². The van der Waals surface area contributed by atoms with Gasteiger partial charge in [-0.2, -0.15) is 13.2 Å². The highest BCUT2D eigenvalue weighted by atomic mass is 19.4. The van der Waals surface area contributed by atoms with Gasteiger partial charge in [0.2, 0.25) is 0 Å². The molecule has 0 saturated carbocycles. The molecule has 2 aromatic carbocycles. The molecule has 0 spiro atoms. The van der Waals surface area contributed by atoms with E-state index in [1.165, 1.54) is 12.1 Å². The van der Waals surface area contributed by atoms with Gasteiger partial charge in [0.15, 0.2) is 0 Å². The third-order valence-electron chi connectivity index (χ3n) is 2.47. The van der Waals surface area contributed by atoms with Crippen LogP contribution in [0.4, 0.5) is 13.2 Å². The lowest BCUT2D eigenvalue weighted by atomic mass is 10.0. The van der Waals surface area contributed by atoms with Gasteiger partial charge in [-0.05, 0) is 35.7 Å². The second kappa shape index (κ2) is 4.24. The summed E-state index contributed by atoms with van der Waals surface area (Å²) >= 11 is 0. The van der Waals surface area contributed by atoms with Crippen LogP contribution in [0.2, 0.25) is 0 Å². The Morgan fingerprint density at radius 1 is 0.824 bits per heavy atom. The van der Waals surface area contributed by atoms with Crippen molar-refractivity contribution in [3.05, 3.63) is 66.6 Å². The average Bonchev–Trinajstić information content (AvgIpc) is 2.28. The molecule has 0 aliphatic rings. The van der Waals surface area contributed by atoms with E-state index in [9.17, 15) is 13.2 Å². The average molecular weight is 235 g/mol. The minimum absolute atomic E-state index is 0.632. The normalized spacial score (nSPS) is 11.5. The topological polar surface area (TPSA) is 0 Å². The van der Waals surface area contributed by atoms with Gasteiger partial charge < -0.3 is 0 Å². The van der Waals surface area contributed by atoms with Crippen molar-refractivity contribution in [1.82, 2.24) is 0 Å². The summed E-state index contributed by atoms with van der Waals surface area (Å²) in [5, 5.41) is 0. The summed E-state index contributed by atoms with van der Waals surface area (Å²) in [7, 11) is 0. The molecule has 17 heavy (non-hydrogen) atoms. The number of hydrogen-bond donors (Lipinski definition) is 0. The van der Waals surface area contributed by atoms with Crippen LogP contribution in [0.5, 0.6) is 0 Å². The van der Waals surface area contributed by atoms with Crippen molar-refractivity contribution in [3.8, 4) is 11.1 Å². The van der Waals surface area contributed by atoms with E-state index in [-0.39, 0.29) is 0 Å². The summed E-state index contributed by atoms with van der Waals surface area (Å²) in [5.74, 6) is 0. The Kier molecular flexibility index (Phi) is 2.92. The van der Waals surface area contributed by atoms with E-state index in [2.05, 4.69) is 6.92 Å². The lowest BCUT2D eigenvalue weighted by Gasteiger charge is -2.08. The number of hydrogen-bond acceptors (Lipinski definition) is 0. The Labute approximate surface area is 97.7 Å². The van der Waals surface area contributed by atoms with Crippen molar-refractivity contribution in [2.24, 2.45) is 0 Å². The zero-order chi connectivity index (χ0) is 12.5. The molecule has 0 unspecified atom stereocenters. The molecule has 0 aliphatic carbocycles. The summed E-state index contributed by atoms with van der Waals surface area (Å²) in [6.07, 6.45) is -4.29. The Bertz CT molecular complexity index is 510. The Morgan fingerprint density at radius 3 is 2.00 bits per heavy atom. The van der Waals surface area contributed by atoms with E-state index in [1.54, 1.807) is 0 Å². The quantitative estimate of drug-likeness (QED) is 0.680. The Balaban J connectivity index is 2.36. The van der Waals surface area contributed by atoms with E-state index in [0.29, 0.717) is 0 Å². The van der Waals surface area contributed by atoms with Crippen LogP contribution in [0.15, 0.2) is 48.5 Å². The molecule has 3 heteroatoms. The SMILES string of the molecule is [CH2]c1cccc(-c2ccc(C(F)(F)F)cc2)c1. The van der Waals surface area contributed by atoms with E-state index >= 15 is 0 Å². The zero-order valence-electron chi connectivity index (χ0n) is 8.96. The largest absolute Gasteiger partial charge is 0.416 e. The van der Waals surface area contributed by atoms with Gasteiger partial charge in [-0.15, -0.1) is 0 Å². The first-order valence-corrected chi connectivity index (χ1v) is 5.06. The predicted octanol–water partition coefficient (Wildman–Crippen LogP) is 4.55. The molecule has 0 atom stereocenters. The molecule has 2 aromatic rings. The lowest BCUT2D eigenvalue weighted by molar-refractivity contribution is -0.137.